The molecule has 2 aliphatic heterocycles. The summed E-state index contributed by atoms with van der Waals surface area (Å²) in [6.07, 6.45) is 5.62. The molecule has 1 aromatic heterocycles. The van der Waals surface area contributed by atoms with Crippen LogP contribution in [0.4, 0.5) is 5.69 Å². The van der Waals surface area contributed by atoms with E-state index in [1.807, 2.05) is 19.4 Å². The molecule has 2 saturated heterocycles. The first-order chi connectivity index (χ1) is 10.2. The standard InChI is InChI=1S/C14H23N5O2/c1-18-10-12(7-16-18)19-5-2-3-11(9-19)17-14(20)13-8-15-4-6-21-13/h7,10-11,13,15H,2-6,8-9H2,1H3,(H,17,20). The lowest BCUT2D eigenvalue weighted by Gasteiger charge is -2.34. The molecule has 0 spiro atoms. The van der Waals surface area contributed by atoms with Gasteiger partial charge in [0.15, 0.2) is 0 Å². The van der Waals surface area contributed by atoms with E-state index in [1.165, 1.54) is 0 Å². The molecule has 1 aromatic rings. The normalized spacial score (nSPS) is 26.6. The Morgan fingerprint density at radius 3 is 3.19 bits per heavy atom. The van der Waals surface area contributed by atoms with Gasteiger partial charge in [0.25, 0.3) is 5.91 Å². The van der Waals surface area contributed by atoms with E-state index >= 15 is 0 Å². The Kier molecular flexibility index (Phi) is 4.40. The molecule has 3 heterocycles. The van der Waals surface area contributed by atoms with E-state index in [9.17, 15) is 4.79 Å². The van der Waals surface area contributed by atoms with Gasteiger partial charge in [0, 0.05) is 45.5 Å². The lowest BCUT2D eigenvalue weighted by atomic mass is 10.0. The third-order valence-electron chi connectivity index (χ3n) is 4.04. The summed E-state index contributed by atoms with van der Waals surface area (Å²) in [5.74, 6) is 0.000219. The fraction of sp³-hybridized carbons (Fsp3) is 0.714. The van der Waals surface area contributed by atoms with Crippen molar-refractivity contribution in [2.45, 2.75) is 25.0 Å². The van der Waals surface area contributed by atoms with Crippen LogP contribution in [-0.2, 0) is 16.6 Å². The smallest absolute Gasteiger partial charge is 0.250 e. The number of carbonyl (C=O) groups is 1. The molecule has 2 unspecified atom stereocenters. The predicted molar refractivity (Wildman–Crippen MR) is 79.2 cm³/mol. The minimum atomic E-state index is -0.354. The fourth-order valence-electron chi connectivity index (χ4n) is 2.93. The molecule has 2 atom stereocenters. The van der Waals surface area contributed by atoms with Gasteiger partial charge < -0.3 is 20.3 Å². The summed E-state index contributed by atoms with van der Waals surface area (Å²) in [5.41, 5.74) is 1.12. The number of anilines is 1. The first kappa shape index (κ1) is 14.3. The van der Waals surface area contributed by atoms with Gasteiger partial charge in [-0.25, -0.2) is 0 Å². The van der Waals surface area contributed by atoms with Crippen LogP contribution in [0.1, 0.15) is 12.8 Å². The molecule has 1 amide bonds. The van der Waals surface area contributed by atoms with Crippen LogP contribution in [0, 0.1) is 0 Å². The van der Waals surface area contributed by atoms with E-state index in [1.54, 1.807) is 4.68 Å². The monoisotopic (exact) mass is 293 g/mol. The molecule has 2 fully saturated rings. The van der Waals surface area contributed by atoms with Gasteiger partial charge in [0.2, 0.25) is 0 Å². The van der Waals surface area contributed by atoms with Crippen LogP contribution in [0.25, 0.3) is 0 Å². The van der Waals surface area contributed by atoms with Crippen LogP contribution in [0.15, 0.2) is 12.4 Å². The zero-order valence-corrected chi connectivity index (χ0v) is 12.4. The minimum absolute atomic E-state index is 0.000219. The summed E-state index contributed by atoms with van der Waals surface area (Å²) in [5, 5.41) is 10.5. The van der Waals surface area contributed by atoms with Crippen molar-refractivity contribution in [3.05, 3.63) is 12.4 Å². The topological polar surface area (TPSA) is 71.4 Å². The van der Waals surface area contributed by atoms with Crippen LogP contribution in [0.2, 0.25) is 0 Å². The molecule has 7 nitrogen and oxygen atoms in total. The molecule has 7 heteroatoms. The Morgan fingerprint density at radius 2 is 2.48 bits per heavy atom. The second-order valence-corrected chi connectivity index (χ2v) is 5.73. The van der Waals surface area contributed by atoms with Crippen molar-refractivity contribution in [1.82, 2.24) is 20.4 Å². The number of hydrogen-bond donors (Lipinski definition) is 2. The number of amides is 1. The number of hydrogen-bond acceptors (Lipinski definition) is 5. The minimum Gasteiger partial charge on any atom is -0.367 e. The van der Waals surface area contributed by atoms with Gasteiger partial charge in [0.05, 0.1) is 18.5 Å². The Hall–Kier alpha value is -1.60. The fourth-order valence-corrected chi connectivity index (χ4v) is 2.93. The first-order valence-corrected chi connectivity index (χ1v) is 7.58. The molecule has 0 saturated carbocycles. The van der Waals surface area contributed by atoms with E-state index in [0.717, 1.165) is 38.2 Å². The van der Waals surface area contributed by atoms with E-state index in [4.69, 9.17) is 4.74 Å². The molecular formula is C14H23N5O2. The molecule has 0 aromatic carbocycles. The summed E-state index contributed by atoms with van der Waals surface area (Å²) in [6, 6.07) is 0.178. The number of rotatable bonds is 3. The van der Waals surface area contributed by atoms with Crippen molar-refractivity contribution in [2.24, 2.45) is 7.05 Å². The summed E-state index contributed by atoms with van der Waals surface area (Å²) in [4.78, 5) is 14.5. The van der Waals surface area contributed by atoms with E-state index < -0.39 is 0 Å². The lowest BCUT2D eigenvalue weighted by Crippen LogP contribution is -2.54. The summed E-state index contributed by atoms with van der Waals surface area (Å²) in [7, 11) is 1.92. The van der Waals surface area contributed by atoms with Gasteiger partial charge in [0.1, 0.15) is 6.10 Å². The highest BCUT2D eigenvalue weighted by atomic mass is 16.5. The van der Waals surface area contributed by atoms with E-state index in [0.29, 0.717) is 13.2 Å². The maximum Gasteiger partial charge on any atom is 0.250 e. The largest absolute Gasteiger partial charge is 0.367 e. The van der Waals surface area contributed by atoms with Crippen molar-refractivity contribution in [2.75, 3.05) is 37.7 Å². The van der Waals surface area contributed by atoms with Gasteiger partial charge in [-0.1, -0.05) is 0 Å². The Labute approximate surface area is 124 Å². The maximum absolute atomic E-state index is 12.2. The van der Waals surface area contributed by atoms with Crippen LogP contribution >= 0.6 is 0 Å². The van der Waals surface area contributed by atoms with E-state index in [-0.39, 0.29) is 18.1 Å². The number of aryl methyl sites for hydroxylation is 1. The van der Waals surface area contributed by atoms with Crippen molar-refractivity contribution in [3.8, 4) is 0 Å². The number of piperidine rings is 1. The molecule has 3 rings (SSSR count). The Morgan fingerprint density at radius 1 is 1.57 bits per heavy atom. The molecule has 116 valence electrons. The number of nitrogens with one attached hydrogen (secondary N) is 2. The summed E-state index contributed by atoms with van der Waals surface area (Å²) < 4.78 is 7.30. The zero-order chi connectivity index (χ0) is 14.7. The van der Waals surface area contributed by atoms with Crippen LogP contribution in [0.5, 0.6) is 0 Å². The number of carbonyl (C=O) groups excluding carboxylic acids is 1. The highest BCUT2D eigenvalue weighted by Crippen LogP contribution is 2.19. The second-order valence-electron chi connectivity index (χ2n) is 5.73. The van der Waals surface area contributed by atoms with Crippen molar-refractivity contribution in [1.29, 1.82) is 0 Å². The number of nitrogens with zero attached hydrogens (tertiary/aromatic N) is 3. The quantitative estimate of drug-likeness (QED) is 0.786. The van der Waals surface area contributed by atoms with Gasteiger partial charge >= 0.3 is 0 Å². The Balaban J connectivity index is 1.54. The molecule has 0 bridgehead atoms. The van der Waals surface area contributed by atoms with Crippen LogP contribution in [0.3, 0.4) is 0 Å². The number of aromatic nitrogens is 2. The number of morpholine rings is 1. The molecule has 2 N–H and O–H groups in total. The predicted octanol–water partition coefficient (Wildman–Crippen LogP) is -0.506. The third-order valence-corrected chi connectivity index (χ3v) is 4.04. The molecular weight excluding hydrogens is 270 g/mol. The molecule has 21 heavy (non-hydrogen) atoms. The zero-order valence-electron chi connectivity index (χ0n) is 12.4. The average molecular weight is 293 g/mol. The lowest BCUT2D eigenvalue weighted by molar-refractivity contribution is -0.135. The van der Waals surface area contributed by atoms with Gasteiger partial charge in [-0.15, -0.1) is 0 Å². The van der Waals surface area contributed by atoms with Crippen molar-refractivity contribution >= 4 is 11.6 Å². The summed E-state index contributed by atoms with van der Waals surface area (Å²) in [6.45, 7) is 3.87. The molecule has 0 aliphatic carbocycles. The third kappa shape index (κ3) is 3.54. The average Bonchev–Trinajstić information content (AvgIpc) is 2.95. The SMILES string of the molecule is Cn1cc(N2CCCC(NC(=O)C3CNCCO3)C2)cn1. The Bertz CT molecular complexity index is 483. The van der Waals surface area contributed by atoms with Crippen LogP contribution < -0.4 is 15.5 Å². The highest BCUT2D eigenvalue weighted by molar-refractivity contribution is 5.81. The maximum atomic E-state index is 12.2. The second kappa shape index (κ2) is 6.44. The van der Waals surface area contributed by atoms with Crippen LogP contribution in [-0.4, -0.2) is 60.6 Å². The highest BCUT2D eigenvalue weighted by Gasteiger charge is 2.27. The van der Waals surface area contributed by atoms with Crippen molar-refractivity contribution in [3.63, 3.8) is 0 Å². The first-order valence-electron chi connectivity index (χ1n) is 7.58. The molecule has 0 radical (unpaired) electrons. The molecule has 2 aliphatic rings. The van der Waals surface area contributed by atoms with Gasteiger partial charge in [-0.3, -0.25) is 9.48 Å². The van der Waals surface area contributed by atoms with Gasteiger partial charge in [-0.2, -0.15) is 5.10 Å². The number of ether oxygens (including phenoxy) is 1. The van der Waals surface area contributed by atoms with Gasteiger partial charge in [-0.05, 0) is 12.8 Å². The van der Waals surface area contributed by atoms with Crippen molar-refractivity contribution < 1.29 is 9.53 Å². The summed E-state index contributed by atoms with van der Waals surface area (Å²) >= 11 is 0. The van der Waals surface area contributed by atoms with E-state index in [2.05, 4.69) is 20.6 Å².